The number of hydrogen-bond donors (Lipinski definition) is 1. The zero-order chi connectivity index (χ0) is 12.1. The Morgan fingerprint density at radius 1 is 1.50 bits per heavy atom. The lowest BCUT2D eigenvalue weighted by molar-refractivity contribution is 0.0477. The van der Waals surface area contributed by atoms with Gasteiger partial charge in [-0.15, -0.1) is 0 Å². The van der Waals surface area contributed by atoms with Crippen LogP contribution in [0.15, 0.2) is 18.2 Å². The first-order valence-corrected chi connectivity index (χ1v) is 5.16. The van der Waals surface area contributed by atoms with Crippen molar-refractivity contribution in [2.75, 3.05) is 13.7 Å². The van der Waals surface area contributed by atoms with Crippen LogP contribution in [0.4, 0.5) is 0 Å². The Balaban J connectivity index is 3.01. The number of methoxy groups -OCH3 is 1. The van der Waals surface area contributed by atoms with Gasteiger partial charge in [-0.25, -0.2) is 0 Å². The third kappa shape index (κ3) is 2.81. The summed E-state index contributed by atoms with van der Waals surface area (Å²) >= 11 is 0. The molecule has 0 saturated carbocycles. The molecular weight excluding hydrogens is 206 g/mol. The van der Waals surface area contributed by atoms with Crippen LogP contribution >= 0.6 is 0 Å². The van der Waals surface area contributed by atoms with Gasteiger partial charge in [0.2, 0.25) is 5.78 Å². The average molecular weight is 223 g/mol. The number of nitrogens with two attached hydrogens (primary N) is 1. The number of aryl methyl sites for hydroxylation is 1. The van der Waals surface area contributed by atoms with Gasteiger partial charge in [0.25, 0.3) is 0 Å². The van der Waals surface area contributed by atoms with E-state index in [1.807, 2.05) is 13.0 Å². The molecule has 1 atom stereocenters. The SMILES string of the molecule is CCOC(N)C(=O)c1cc(C)ccc1OC. The third-order valence-electron chi connectivity index (χ3n) is 2.23. The van der Waals surface area contributed by atoms with E-state index in [0.717, 1.165) is 5.56 Å². The molecule has 1 rings (SSSR count). The van der Waals surface area contributed by atoms with Gasteiger partial charge in [-0.05, 0) is 26.0 Å². The fraction of sp³-hybridized carbons (Fsp3) is 0.417. The summed E-state index contributed by atoms with van der Waals surface area (Å²) in [6.07, 6.45) is -0.930. The van der Waals surface area contributed by atoms with Gasteiger partial charge in [-0.3, -0.25) is 10.5 Å². The van der Waals surface area contributed by atoms with Gasteiger partial charge in [0.05, 0.1) is 12.7 Å². The normalized spacial score (nSPS) is 12.2. The molecule has 1 aromatic carbocycles. The highest BCUT2D eigenvalue weighted by molar-refractivity contribution is 6.01. The number of carbonyl (C=O) groups is 1. The summed E-state index contributed by atoms with van der Waals surface area (Å²) in [5.74, 6) is 0.258. The van der Waals surface area contributed by atoms with Crippen LogP contribution in [0.5, 0.6) is 5.75 Å². The number of Topliss-reactive ketones (excluding diaryl/α,β-unsaturated/α-hetero) is 1. The molecule has 1 unspecified atom stereocenters. The second-order valence-electron chi connectivity index (χ2n) is 3.44. The molecule has 88 valence electrons. The summed E-state index contributed by atoms with van der Waals surface area (Å²) in [6, 6.07) is 5.38. The molecule has 0 radical (unpaired) electrons. The van der Waals surface area contributed by atoms with E-state index in [0.29, 0.717) is 17.9 Å². The van der Waals surface area contributed by atoms with E-state index in [2.05, 4.69) is 0 Å². The zero-order valence-electron chi connectivity index (χ0n) is 9.82. The Morgan fingerprint density at radius 2 is 2.19 bits per heavy atom. The van der Waals surface area contributed by atoms with Crippen molar-refractivity contribution in [2.45, 2.75) is 20.1 Å². The van der Waals surface area contributed by atoms with Crippen molar-refractivity contribution < 1.29 is 14.3 Å². The van der Waals surface area contributed by atoms with Crippen molar-refractivity contribution in [3.8, 4) is 5.75 Å². The third-order valence-corrected chi connectivity index (χ3v) is 2.23. The summed E-state index contributed by atoms with van der Waals surface area (Å²) in [7, 11) is 1.52. The lowest BCUT2D eigenvalue weighted by Crippen LogP contribution is -2.33. The monoisotopic (exact) mass is 223 g/mol. The van der Waals surface area contributed by atoms with Gasteiger partial charge in [0, 0.05) is 6.61 Å². The molecule has 0 aliphatic carbocycles. The minimum atomic E-state index is -0.930. The van der Waals surface area contributed by atoms with Crippen LogP contribution in [0.3, 0.4) is 0 Å². The molecule has 0 aliphatic heterocycles. The molecule has 0 bridgehead atoms. The van der Waals surface area contributed by atoms with E-state index < -0.39 is 6.23 Å². The van der Waals surface area contributed by atoms with Crippen molar-refractivity contribution in [3.63, 3.8) is 0 Å². The van der Waals surface area contributed by atoms with E-state index in [1.165, 1.54) is 7.11 Å². The highest BCUT2D eigenvalue weighted by atomic mass is 16.5. The largest absolute Gasteiger partial charge is 0.496 e. The maximum atomic E-state index is 11.9. The number of carbonyl (C=O) groups excluding carboxylic acids is 1. The van der Waals surface area contributed by atoms with Gasteiger partial charge in [0.15, 0.2) is 6.23 Å². The van der Waals surface area contributed by atoms with E-state index in [4.69, 9.17) is 15.2 Å². The number of benzene rings is 1. The van der Waals surface area contributed by atoms with Gasteiger partial charge < -0.3 is 9.47 Å². The summed E-state index contributed by atoms with van der Waals surface area (Å²) in [6.45, 7) is 4.10. The Morgan fingerprint density at radius 3 is 2.75 bits per heavy atom. The Kier molecular flexibility index (Phi) is 4.46. The quantitative estimate of drug-likeness (QED) is 0.607. The van der Waals surface area contributed by atoms with Crippen molar-refractivity contribution in [3.05, 3.63) is 29.3 Å². The number of ether oxygens (including phenoxy) is 2. The Labute approximate surface area is 95.3 Å². The Hall–Kier alpha value is -1.39. The van der Waals surface area contributed by atoms with Crippen LogP contribution in [-0.4, -0.2) is 25.7 Å². The zero-order valence-corrected chi connectivity index (χ0v) is 9.82. The second-order valence-corrected chi connectivity index (χ2v) is 3.44. The van der Waals surface area contributed by atoms with Crippen molar-refractivity contribution >= 4 is 5.78 Å². The maximum Gasteiger partial charge on any atom is 0.209 e. The van der Waals surface area contributed by atoms with Crippen LogP contribution in [0.25, 0.3) is 0 Å². The first kappa shape index (κ1) is 12.7. The van der Waals surface area contributed by atoms with Crippen molar-refractivity contribution in [2.24, 2.45) is 5.73 Å². The molecule has 0 heterocycles. The van der Waals surface area contributed by atoms with Crippen LogP contribution < -0.4 is 10.5 Å². The van der Waals surface area contributed by atoms with Gasteiger partial charge in [-0.2, -0.15) is 0 Å². The molecule has 0 amide bonds. The summed E-state index contributed by atoms with van der Waals surface area (Å²) < 4.78 is 10.2. The Bertz CT molecular complexity index is 377. The predicted molar refractivity (Wildman–Crippen MR) is 61.7 cm³/mol. The standard InChI is InChI=1S/C12H17NO3/c1-4-16-12(13)11(14)9-7-8(2)5-6-10(9)15-3/h5-7,12H,4,13H2,1-3H3. The molecule has 4 nitrogen and oxygen atoms in total. The van der Waals surface area contributed by atoms with E-state index >= 15 is 0 Å². The predicted octanol–water partition coefficient (Wildman–Crippen LogP) is 1.51. The van der Waals surface area contributed by atoms with Gasteiger partial charge >= 0.3 is 0 Å². The fourth-order valence-corrected chi connectivity index (χ4v) is 1.42. The summed E-state index contributed by atoms with van der Waals surface area (Å²) in [4.78, 5) is 11.9. The smallest absolute Gasteiger partial charge is 0.209 e. The fourth-order valence-electron chi connectivity index (χ4n) is 1.42. The van der Waals surface area contributed by atoms with Crippen LogP contribution in [-0.2, 0) is 4.74 Å². The summed E-state index contributed by atoms with van der Waals surface area (Å²) in [5.41, 5.74) is 7.05. The van der Waals surface area contributed by atoms with Crippen molar-refractivity contribution in [1.29, 1.82) is 0 Å². The molecule has 0 saturated heterocycles. The van der Waals surface area contributed by atoms with Gasteiger partial charge in [-0.1, -0.05) is 11.6 Å². The molecule has 16 heavy (non-hydrogen) atoms. The second kappa shape index (κ2) is 5.63. The molecule has 0 spiro atoms. The molecule has 4 heteroatoms. The minimum Gasteiger partial charge on any atom is -0.496 e. The molecular formula is C12H17NO3. The van der Waals surface area contributed by atoms with Crippen LogP contribution in [0.2, 0.25) is 0 Å². The molecule has 0 fully saturated rings. The molecule has 1 aromatic rings. The average Bonchev–Trinajstić information content (AvgIpc) is 2.28. The highest BCUT2D eigenvalue weighted by Crippen LogP contribution is 2.21. The minimum absolute atomic E-state index is 0.262. The lowest BCUT2D eigenvalue weighted by atomic mass is 10.1. The number of hydrogen-bond acceptors (Lipinski definition) is 4. The first-order chi connectivity index (χ1) is 7.60. The molecule has 0 aromatic heterocycles. The maximum absolute atomic E-state index is 11.9. The van der Waals surface area contributed by atoms with Crippen molar-refractivity contribution in [1.82, 2.24) is 0 Å². The highest BCUT2D eigenvalue weighted by Gasteiger charge is 2.19. The van der Waals surface area contributed by atoms with E-state index in [9.17, 15) is 4.79 Å². The molecule has 0 aliphatic rings. The summed E-state index contributed by atoms with van der Waals surface area (Å²) in [5, 5.41) is 0. The van der Waals surface area contributed by atoms with E-state index in [1.54, 1.807) is 19.1 Å². The number of ketones is 1. The molecule has 2 N–H and O–H groups in total. The van der Waals surface area contributed by atoms with Crippen LogP contribution in [0, 0.1) is 6.92 Å². The topological polar surface area (TPSA) is 61.5 Å². The van der Waals surface area contributed by atoms with E-state index in [-0.39, 0.29) is 5.78 Å². The lowest BCUT2D eigenvalue weighted by Gasteiger charge is -2.13. The van der Waals surface area contributed by atoms with Gasteiger partial charge in [0.1, 0.15) is 5.75 Å². The number of rotatable bonds is 5. The van der Waals surface area contributed by atoms with Crippen LogP contribution in [0.1, 0.15) is 22.8 Å². The first-order valence-electron chi connectivity index (χ1n) is 5.16.